The molecule has 0 radical (unpaired) electrons. The van der Waals surface area contributed by atoms with Crippen molar-refractivity contribution in [1.82, 2.24) is 0 Å². The van der Waals surface area contributed by atoms with E-state index in [2.05, 4.69) is 0 Å². The van der Waals surface area contributed by atoms with Crippen molar-refractivity contribution in [2.24, 2.45) is 0 Å². The molecule has 0 aromatic rings. The molecular formula is C11H20O12P2. The third-order valence-electron chi connectivity index (χ3n) is 4.13. The number of aliphatic hydroxyl groups excluding tert-OH is 2. The molecule has 3 aliphatic rings. The van der Waals surface area contributed by atoms with Gasteiger partial charge in [-0.1, -0.05) is 0 Å². The molecule has 0 amide bonds. The normalized spacial score (nSPS) is 55.0. The Balaban J connectivity index is 1.81. The maximum atomic E-state index is 12.0. The van der Waals surface area contributed by atoms with Crippen LogP contribution in [0.4, 0.5) is 0 Å². The highest BCUT2D eigenvalue weighted by molar-refractivity contribution is 7.47. The van der Waals surface area contributed by atoms with Gasteiger partial charge >= 0.3 is 15.6 Å². The van der Waals surface area contributed by atoms with Crippen molar-refractivity contribution in [3.05, 3.63) is 0 Å². The first kappa shape index (κ1) is 19.8. The lowest BCUT2D eigenvalue weighted by Gasteiger charge is -2.24. The fourth-order valence-electron chi connectivity index (χ4n) is 2.82. The minimum absolute atomic E-state index is 0.248. The van der Waals surface area contributed by atoms with E-state index in [0.717, 1.165) is 0 Å². The van der Waals surface area contributed by atoms with Crippen LogP contribution in [0.15, 0.2) is 0 Å². The molecule has 3 aliphatic heterocycles. The Morgan fingerprint density at radius 2 is 1.44 bits per heavy atom. The Morgan fingerprint density at radius 3 is 2.12 bits per heavy atom. The summed E-state index contributed by atoms with van der Waals surface area (Å²) in [6.45, 7) is 0.160. The predicted molar refractivity (Wildman–Crippen MR) is 77.4 cm³/mol. The van der Waals surface area contributed by atoms with Crippen LogP contribution in [-0.4, -0.2) is 82.5 Å². The van der Waals surface area contributed by atoms with Crippen LogP contribution >= 0.6 is 15.6 Å². The maximum absolute atomic E-state index is 12.0. The van der Waals surface area contributed by atoms with E-state index in [4.69, 9.17) is 27.6 Å². The first-order chi connectivity index (χ1) is 11.6. The molecule has 9 unspecified atom stereocenters. The van der Waals surface area contributed by atoms with Crippen LogP contribution in [0.25, 0.3) is 0 Å². The summed E-state index contributed by atoms with van der Waals surface area (Å²) in [5.74, 6) is 0. The Labute approximate surface area is 142 Å². The summed E-state index contributed by atoms with van der Waals surface area (Å²) in [6, 6.07) is 0. The summed E-state index contributed by atoms with van der Waals surface area (Å²) in [5, 5.41) is 20.2. The zero-order chi connectivity index (χ0) is 18.4. The summed E-state index contributed by atoms with van der Waals surface area (Å²) < 4.78 is 53.9. The quantitative estimate of drug-likeness (QED) is 0.359. The lowest BCUT2D eigenvalue weighted by atomic mass is 10.1. The van der Waals surface area contributed by atoms with Gasteiger partial charge in [-0.05, 0) is 6.92 Å². The van der Waals surface area contributed by atoms with E-state index in [1.807, 2.05) is 0 Å². The highest BCUT2D eigenvalue weighted by atomic mass is 31.2. The van der Waals surface area contributed by atoms with Gasteiger partial charge in [0, 0.05) is 0 Å². The van der Waals surface area contributed by atoms with Gasteiger partial charge in [0.05, 0.1) is 25.9 Å². The molecule has 3 heterocycles. The van der Waals surface area contributed by atoms with Gasteiger partial charge in [-0.25, -0.2) is 9.13 Å². The molecule has 0 aromatic carbocycles. The van der Waals surface area contributed by atoms with Crippen molar-refractivity contribution in [3.63, 3.8) is 0 Å². The number of ether oxygens (including phenoxy) is 2. The number of hydrogen-bond acceptors (Lipinski definition) is 10. The molecule has 25 heavy (non-hydrogen) atoms. The van der Waals surface area contributed by atoms with E-state index in [1.165, 1.54) is 6.92 Å². The second kappa shape index (κ2) is 7.23. The average Bonchev–Trinajstić information content (AvgIpc) is 2.97. The van der Waals surface area contributed by atoms with Crippen LogP contribution in [0.1, 0.15) is 6.92 Å². The first-order valence-corrected chi connectivity index (χ1v) is 10.5. The van der Waals surface area contributed by atoms with Gasteiger partial charge in [-0.2, -0.15) is 0 Å². The van der Waals surface area contributed by atoms with Crippen LogP contribution in [-0.2, 0) is 36.7 Å². The molecular weight excluding hydrogens is 386 g/mol. The van der Waals surface area contributed by atoms with Crippen LogP contribution in [0.2, 0.25) is 0 Å². The van der Waals surface area contributed by atoms with Crippen LogP contribution in [0.5, 0.6) is 0 Å². The number of phosphoric ester groups is 2. The summed E-state index contributed by atoms with van der Waals surface area (Å²) in [5.41, 5.74) is 0. The minimum atomic E-state index is -4.59. The lowest BCUT2D eigenvalue weighted by Crippen LogP contribution is -2.37. The van der Waals surface area contributed by atoms with Crippen molar-refractivity contribution in [1.29, 1.82) is 0 Å². The predicted octanol–water partition coefficient (Wildman–Crippen LogP) is -1.09. The van der Waals surface area contributed by atoms with Crippen molar-refractivity contribution >= 4 is 15.6 Å². The number of fused-ring (bicyclic) bond motifs is 4. The Hall–Kier alpha value is 0.0600. The van der Waals surface area contributed by atoms with E-state index in [0.29, 0.717) is 0 Å². The highest BCUT2D eigenvalue weighted by Crippen LogP contribution is 2.50. The number of aliphatic hydroxyl groups is 2. The van der Waals surface area contributed by atoms with Gasteiger partial charge < -0.3 is 29.5 Å². The largest absolute Gasteiger partial charge is 0.472 e. The van der Waals surface area contributed by atoms with Crippen molar-refractivity contribution in [3.8, 4) is 0 Å². The topological polar surface area (TPSA) is 170 Å². The molecule has 0 saturated carbocycles. The molecule has 146 valence electrons. The summed E-state index contributed by atoms with van der Waals surface area (Å²) in [7, 11) is -9.15. The number of phosphoric acid groups is 2. The molecule has 9 atom stereocenters. The highest BCUT2D eigenvalue weighted by Gasteiger charge is 2.49. The SMILES string of the molecule is CC1OC2COP(=O)(O)OC3COC(COP(=O)(O)OC1C2O)C3O. The molecule has 4 N–H and O–H groups in total. The summed E-state index contributed by atoms with van der Waals surface area (Å²) in [6.07, 6.45) is -8.20. The van der Waals surface area contributed by atoms with Gasteiger partial charge in [-0.3, -0.25) is 18.1 Å². The van der Waals surface area contributed by atoms with Gasteiger partial charge in [0.1, 0.15) is 36.6 Å². The van der Waals surface area contributed by atoms with E-state index in [9.17, 15) is 29.1 Å². The summed E-state index contributed by atoms with van der Waals surface area (Å²) in [4.78, 5) is 19.5. The average molecular weight is 406 g/mol. The van der Waals surface area contributed by atoms with Crippen LogP contribution in [0, 0.1) is 0 Å². The Kier molecular flexibility index (Phi) is 5.73. The monoisotopic (exact) mass is 406 g/mol. The van der Waals surface area contributed by atoms with E-state index in [1.54, 1.807) is 0 Å². The molecule has 4 bridgehead atoms. The van der Waals surface area contributed by atoms with E-state index in [-0.39, 0.29) is 6.61 Å². The lowest BCUT2D eigenvalue weighted by molar-refractivity contribution is -0.0323. The number of hydrogen-bond donors (Lipinski definition) is 4. The standard InChI is InChI=1S/C11H20O12P2/c1-5-11-10(13)7(21-5)4-20-24(14,15)22-8-2-18-6(9(8)12)3-19-25(16,17)23-11/h5-13H,2-4H2,1H3,(H,14,15)(H,16,17). The second-order valence-electron chi connectivity index (χ2n) is 5.98. The van der Waals surface area contributed by atoms with Crippen molar-refractivity contribution in [2.75, 3.05) is 19.8 Å². The zero-order valence-corrected chi connectivity index (χ0v) is 14.9. The van der Waals surface area contributed by atoms with Gasteiger partial charge in [0.25, 0.3) is 0 Å². The molecule has 3 rings (SSSR count). The summed E-state index contributed by atoms with van der Waals surface area (Å²) >= 11 is 0. The van der Waals surface area contributed by atoms with Gasteiger partial charge in [0.2, 0.25) is 0 Å². The maximum Gasteiger partial charge on any atom is 0.472 e. The Bertz CT molecular complexity index is 585. The molecule has 0 spiro atoms. The minimum Gasteiger partial charge on any atom is -0.387 e. The van der Waals surface area contributed by atoms with Crippen molar-refractivity contribution < 1.29 is 56.7 Å². The molecule has 12 nitrogen and oxygen atoms in total. The smallest absolute Gasteiger partial charge is 0.387 e. The van der Waals surface area contributed by atoms with Gasteiger partial charge in [0.15, 0.2) is 0 Å². The van der Waals surface area contributed by atoms with Crippen LogP contribution in [0.3, 0.4) is 0 Å². The van der Waals surface area contributed by atoms with Crippen LogP contribution < -0.4 is 0 Å². The van der Waals surface area contributed by atoms with Gasteiger partial charge in [-0.15, -0.1) is 0 Å². The fourth-order valence-corrected chi connectivity index (χ4v) is 4.75. The first-order valence-electron chi connectivity index (χ1n) is 7.53. The molecule has 14 heteroatoms. The molecule has 0 aromatic heterocycles. The molecule has 3 fully saturated rings. The third kappa shape index (κ3) is 4.49. The van der Waals surface area contributed by atoms with Crippen molar-refractivity contribution in [2.45, 2.75) is 49.7 Å². The van der Waals surface area contributed by atoms with E-state index < -0.39 is 71.6 Å². The third-order valence-corrected chi connectivity index (χ3v) is 6.13. The molecule has 3 saturated heterocycles. The second-order valence-corrected chi connectivity index (χ2v) is 8.79. The fraction of sp³-hybridized carbons (Fsp3) is 1.00. The molecule has 0 aliphatic carbocycles. The Morgan fingerprint density at radius 1 is 0.840 bits per heavy atom. The van der Waals surface area contributed by atoms with E-state index >= 15 is 0 Å². The zero-order valence-electron chi connectivity index (χ0n) is 13.1. The number of rotatable bonds is 0.